The van der Waals surface area contributed by atoms with Gasteiger partial charge in [0.15, 0.2) is 0 Å². The van der Waals surface area contributed by atoms with Crippen molar-refractivity contribution in [2.24, 2.45) is 0 Å². The predicted octanol–water partition coefficient (Wildman–Crippen LogP) is 2.65. The topological polar surface area (TPSA) is 83.6 Å². The molecule has 0 aliphatic heterocycles. The molecular formula is C15H26N2O4S2. The van der Waals surface area contributed by atoms with Crippen LogP contribution < -0.4 is 4.72 Å². The molecule has 0 spiro atoms. The zero-order valence-electron chi connectivity index (χ0n) is 13.9. The van der Waals surface area contributed by atoms with Crippen LogP contribution in [-0.4, -0.2) is 40.5 Å². The van der Waals surface area contributed by atoms with Crippen molar-refractivity contribution in [2.45, 2.75) is 44.4 Å². The Morgan fingerprint density at radius 2 is 1.39 bits per heavy atom. The van der Waals surface area contributed by atoms with Gasteiger partial charge in [0.2, 0.25) is 20.0 Å². The standard InChI is InChI=1S/C15H26N2O4S2/c1-4-6-12-17(13-7-5-2)23(20,21)15-10-8-14(9-11-15)16-22(3,18)19/h8-11,16H,4-7,12-13H2,1-3H3. The van der Waals surface area contributed by atoms with E-state index in [0.29, 0.717) is 18.8 Å². The third-order valence-electron chi connectivity index (χ3n) is 3.32. The summed E-state index contributed by atoms with van der Waals surface area (Å²) >= 11 is 0. The molecule has 1 rings (SSSR count). The molecule has 6 nitrogen and oxygen atoms in total. The first-order valence-corrected chi connectivity index (χ1v) is 11.1. The number of anilines is 1. The van der Waals surface area contributed by atoms with Gasteiger partial charge in [-0.15, -0.1) is 0 Å². The van der Waals surface area contributed by atoms with Crippen LogP contribution in [0.5, 0.6) is 0 Å². The summed E-state index contributed by atoms with van der Waals surface area (Å²) in [7, 11) is -6.93. The summed E-state index contributed by atoms with van der Waals surface area (Å²) in [5.41, 5.74) is 0.347. The molecule has 0 fully saturated rings. The van der Waals surface area contributed by atoms with E-state index in [2.05, 4.69) is 4.72 Å². The van der Waals surface area contributed by atoms with Crippen LogP contribution in [0.3, 0.4) is 0 Å². The smallest absolute Gasteiger partial charge is 0.243 e. The molecule has 0 aliphatic carbocycles. The molecule has 8 heteroatoms. The van der Waals surface area contributed by atoms with E-state index in [9.17, 15) is 16.8 Å². The van der Waals surface area contributed by atoms with Crippen molar-refractivity contribution in [1.29, 1.82) is 0 Å². The third kappa shape index (κ3) is 6.48. The zero-order valence-corrected chi connectivity index (χ0v) is 15.6. The quantitative estimate of drug-likeness (QED) is 0.693. The molecule has 0 heterocycles. The van der Waals surface area contributed by atoms with Crippen LogP contribution in [0, 0.1) is 0 Å². The van der Waals surface area contributed by atoms with Gasteiger partial charge in [0.1, 0.15) is 0 Å². The number of nitrogens with zero attached hydrogens (tertiary/aromatic N) is 1. The van der Waals surface area contributed by atoms with Gasteiger partial charge in [0.05, 0.1) is 11.2 Å². The third-order valence-corrected chi connectivity index (χ3v) is 5.84. The Kier molecular flexibility index (Phi) is 7.50. The first-order chi connectivity index (χ1) is 10.7. The summed E-state index contributed by atoms with van der Waals surface area (Å²) in [6.07, 6.45) is 4.53. The molecule has 132 valence electrons. The van der Waals surface area contributed by atoms with Crippen LogP contribution in [0.2, 0.25) is 0 Å². The maximum absolute atomic E-state index is 12.7. The number of sulfonamides is 2. The maximum atomic E-state index is 12.7. The normalized spacial score (nSPS) is 12.5. The molecule has 0 aliphatic rings. The van der Waals surface area contributed by atoms with E-state index >= 15 is 0 Å². The molecule has 0 bridgehead atoms. The van der Waals surface area contributed by atoms with Crippen molar-refractivity contribution in [3.05, 3.63) is 24.3 Å². The summed E-state index contributed by atoms with van der Waals surface area (Å²) in [4.78, 5) is 0.184. The number of hydrogen-bond donors (Lipinski definition) is 1. The van der Waals surface area contributed by atoms with Crippen molar-refractivity contribution >= 4 is 25.7 Å². The molecule has 0 saturated heterocycles. The van der Waals surface area contributed by atoms with Gasteiger partial charge in [-0.3, -0.25) is 4.72 Å². The highest BCUT2D eigenvalue weighted by molar-refractivity contribution is 7.92. The lowest BCUT2D eigenvalue weighted by Gasteiger charge is -2.22. The van der Waals surface area contributed by atoms with E-state index in [1.807, 2.05) is 13.8 Å². The fraction of sp³-hybridized carbons (Fsp3) is 0.600. The molecule has 0 atom stereocenters. The van der Waals surface area contributed by atoms with Crippen LogP contribution >= 0.6 is 0 Å². The Morgan fingerprint density at radius 3 is 1.78 bits per heavy atom. The van der Waals surface area contributed by atoms with Gasteiger partial charge >= 0.3 is 0 Å². The second-order valence-corrected chi connectivity index (χ2v) is 9.20. The summed E-state index contributed by atoms with van der Waals surface area (Å²) in [5, 5.41) is 0. The molecule has 23 heavy (non-hydrogen) atoms. The lowest BCUT2D eigenvalue weighted by molar-refractivity contribution is 0.395. The highest BCUT2D eigenvalue weighted by Gasteiger charge is 2.23. The van der Waals surface area contributed by atoms with E-state index in [0.717, 1.165) is 31.9 Å². The number of rotatable bonds is 10. The second-order valence-electron chi connectivity index (χ2n) is 5.51. The highest BCUT2D eigenvalue weighted by Crippen LogP contribution is 2.20. The molecule has 0 saturated carbocycles. The first kappa shape index (κ1) is 19.9. The van der Waals surface area contributed by atoms with Gasteiger partial charge in [0.25, 0.3) is 0 Å². The van der Waals surface area contributed by atoms with Crippen LogP contribution in [0.15, 0.2) is 29.2 Å². The van der Waals surface area contributed by atoms with Crippen molar-refractivity contribution in [1.82, 2.24) is 4.31 Å². The van der Waals surface area contributed by atoms with E-state index in [4.69, 9.17) is 0 Å². The minimum absolute atomic E-state index is 0.184. The SMILES string of the molecule is CCCCN(CCCC)S(=O)(=O)c1ccc(NS(C)(=O)=O)cc1. The fourth-order valence-corrected chi connectivity index (χ4v) is 4.16. The monoisotopic (exact) mass is 362 g/mol. The second kappa shape index (κ2) is 8.65. The van der Waals surface area contributed by atoms with Gasteiger partial charge in [0, 0.05) is 18.8 Å². The van der Waals surface area contributed by atoms with Crippen LogP contribution in [0.4, 0.5) is 5.69 Å². The molecule has 0 aromatic heterocycles. The van der Waals surface area contributed by atoms with Gasteiger partial charge in [-0.2, -0.15) is 4.31 Å². The van der Waals surface area contributed by atoms with Crippen molar-refractivity contribution in [3.8, 4) is 0 Å². The zero-order chi connectivity index (χ0) is 17.5. The molecular weight excluding hydrogens is 336 g/mol. The average molecular weight is 363 g/mol. The lowest BCUT2D eigenvalue weighted by atomic mass is 10.3. The van der Waals surface area contributed by atoms with Crippen LogP contribution in [0.25, 0.3) is 0 Å². The van der Waals surface area contributed by atoms with Crippen LogP contribution in [0.1, 0.15) is 39.5 Å². The van der Waals surface area contributed by atoms with Crippen LogP contribution in [-0.2, 0) is 20.0 Å². The largest absolute Gasteiger partial charge is 0.284 e. The fourth-order valence-electron chi connectivity index (χ4n) is 2.08. The Morgan fingerprint density at radius 1 is 0.913 bits per heavy atom. The molecule has 1 aromatic carbocycles. The molecule has 0 radical (unpaired) electrons. The van der Waals surface area contributed by atoms with E-state index < -0.39 is 20.0 Å². The van der Waals surface area contributed by atoms with E-state index in [-0.39, 0.29) is 4.90 Å². The molecule has 1 aromatic rings. The summed E-state index contributed by atoms with van der Waals surface area (Å²) in [5.74, 6) is 0. The predicted molar refractivity (Wildman–Crippen MR) is 93.5 cm³/mol. The van der Waals surface area contributed by atoms with Crippen molar-refractivity contribution < 1.29 is 16.8 Å². The maximum Gasteiger partial charge on any atom is 0.243 e. The lowest BCUT2D eigenvalue weighted by Crippen LogP contribution is -2.33. The first-order valence-electron chi connectivity index (χ1n) is 7.78. The number of unbranched alkanes of at least 4 members (excludes halogenated alkanes) is 2. The molecule has 0 amide bonds. The Labute approximate surface area is 140 Å². The molecule has 0 unspecified atom stereocenters. The van der Waals surface area contributed by atoms with Gasteiger partial charge in [-0.05, 0) is 37.1 Å². The van der Waals surface area contributed by atoms with Gasteiger partial charge in [-0.25, -0.2) is 16.8 Å². The average Bonchev–Trinajstić information content (AvgIpc) is 2.46. The van der Waals surface area contributed by atoms with Crippen molar-refractivity contribution in [2.75, 3.05) is 24.1 Å². The minimum atomic E-state index is -3.55. The molecule has 1 N–H and O–H groups in total. The summed E-state index contributed by atoms with van der Waals surface area (Å²) in [6.45, 7) is 5.05. The Balaban J connectivity index is 2.99. The summed E-state index contributed by atoms with van der Waals surface area (Å²) in [6, 6.07) is 5.80. The van der Waals surface area contributed by atoms with E-state index in [1.165, 1.54) is 28.6 Å². The van der Waals surface area contributed by atoms with Gasteiger partial charge in [-0.1, -0.05) is 26.7 Å². The Bertz CT molecular complexity index is 675. The van der Waals surface area contributed by atoms with E-state index in [1.54, 1.807) is 0 Å². The van der Waals surface area contributed by atoms with Crippen molar-refractivity contribution in [3.63, 3.8) is 0 Å². The number of hydrogen-bond acceptors (Lipinski definition) is 4. The Hall–Kier alpha value is -1.12. The number of nitrogens with one attached hydrogen (secondary N) is 1. The minimum Gasteiger partial charge on any atom is -0.284 e. The summed E-state index contributed by atoms with van der Waals surface area (Å²) < 4.78 is 51.7. The number of benzene rings is 1. The highest BCUT2D eigenvalue weighted by atomic mass is 32.2. The van der Waals surface area contributed by atoms with Gasteiger partial charge < -0.3 is 0 Å².